The third kappa shape index (κ3) is 5.07. The molecule has 0 aliphatic heterocycles. The summed E-state index contributed by atoms with van der Waals surface area (Å²) in [5.41, 5.74) is 1.46. The average Bonchev–Trinajstić information content (AvgIpc) is 2.71. The van der Waals surface area contributed by atoms with Crippen LogP contribution in [0, 0.1) is 11.8 Å². The lowest BCUT2D eigenvalue weighted by atomic mass is 10.1. The average molecular weight is 377 g/mol. The third-order valence-electron chi connectivity index (χ3n) is 4.00. The minimum atomic E-state index is -1.26. The van der Waals surface area contributed by atoms with Crippen LogP contribution in [-0.2, 0) is 16.1 Å². The van der Waals surface area contributed by atoms with Gasteiger partial charge in [-0.25, -0.2) is 4.79 Å². The Labute approximate surface area is 161 Å². The molecule has 28 heavy (non-hydrogen) atoms. The molecule has 3 aromatic rings. The summed E-state index contributed by atoms with van der Waals surface area (Å²) in [7, 11) is 0. The zero-order valence-corrected chi connectivity index (χ0v) is 15.1. The summed E-state index contributed by atoms with van der Waals surface area (Å²) in [6.07, 6.45) is 1.20. The van der Waals surface area contributed by atoms with Crippen LogP contribution in [0.1, 0.15) is 21.5 Å². The Hall–Kier alpha value is -3.40. The number of aromatic carboxylic acids is 1. The Morgan fingerprint density at radius 1 is 1.07 bits per heavy atom. The van der Waals surface area contributed by atoms with Gasteiger partial charge >= 0.3 is 5.97 Å². The molecule has 2 N–H and O–H groups in total. The van der Waals surface area contributed by atoms with Crippen LogP contribution in [0.25, 0.3) is 10.9 Å². The van der Waals surface area contributed by atoms with E-state index in [4.69, 9.17) is 14.6 Å². The molecule has 0 saturated carbocycles. The van der Waals surface area contributed by atoms with Crippen molar-refractivity contribution in [3.8, 4) is 11.8 Å². The number of rotatable bonds is 7. The van der Waals surface area contributed by atoms with Crippen molar-refractivity contribution < 1.29 is 19.4 Å². The number of carbonyl (C=O) groups is 1. The molecule has 0 bridgehead atoms. The van der Waals surface area contributed by atoms with Gasteiger partial charge in [-0.2, -0.15) is 0 Å². The molecular weight excluding hydrogens is 358 g/mol. The second kappa shape index (κ2) is 9.51. The second-order valence-electron chi connectivity index (χ2n) is 5.99. The van der Waals surface area contributed by atoms with E-state index in [1.165, 1.54) is 6.20 Å². The predicted molar refractivity (Wildman–Crippen MR) is 105 cm³/mol. The number of carboxylic acids is 1. The van der Waals surface area contributed by atoms with Gasteiger partial charge in [0.1, 0.15) is 12.2 Å². The summed E-state index contributed by atoms with van der Waals surface area (Å²) < 4.78 is 10.9. The van der Waals surface area contributed by atoms with Gasteiger partial charge in [0.2, 0.25) is 5.43 Å². The van der Waals surface area contributed by atoms with Crippen molar-refractivity contribution in [3.05, 3.63) is 81.6 Å². The van der Waals surface area contributed by atoms with Gasteiger partial charge in [0, 0.05) is 22.7 Å². The molecule has 0 unspecified atom stereocenters. The van der Waals surface area contributed by atoms with Gasteiger partial charge in [0.05, 0.1) is 19.8 Å². The van der Waals surface area contributed by atoms with Gasteiger partial charge in [-0.05, 0) is 23.8 Å². The number of hydrogen-bond acceptors (Lipinski definition) is 4. The Balaban J connectivity index is 1.50. The first kappa shape index (κ1) is 19.4. The minimum Gasteiger partial charge on any atom is -0.477 e. The summed E-state index contributed by atoms with van der Waals surface area (Å²) in [4.78, 5) is 26.1. The molecule has 0 spiro atoms. The van der Waals surface area contributed by atoms with E-state index in [0.29, 0.717) is 36.3 Å². The monoisotopic (exact) mass is 377 g/mol. The topological polar surface area (TPSA) is 88.6 Å². The number of carboxylic acid groups (broad SMARTS) is 1. The Morgan fingerprint density at radius 3 is 2.64 bits per heavy atom. The zero-order chi connectivity index (χ0) is 19.8. The van der Waals surface area contributed by atoms with E-state index in [2.05, 4.69) is 16.8 Å². The number of ether oxygens (including phenoxy) is 2. The van der Waals surface area contributed by atoms with E-state index in [-0.39, 0.29) is 12.2 Å². The second-order valence-corrected chi connectivity index (χ2v) is 5.99. The highest BCUT2D eigenvalue weighted by Gasteiger charge is 2.11. The maximum Gasteiger partial charge on any atom is 0.341 e. The van der Waals surface area contributed by atoms with Crippen LogP contribution in [0.15, 0.2) is 59.5 Å². The maximum absolute atomic E-state index is 12.2. The van der Waals surface area contributed by atoms with Crippen molar-refractivity contribution in [1.82, 2.24) is 4.98 Å². The summed E-state index contributed by atoms with van der Waals surface area (Å²) in [6, 6.07) is 14.9. The van der Waals surface area contributed by atoms with Crippen LogP contribution in [0.5, 0.6) is 0 Å². The first-order chi connectivity index (χ1) is 13.6. The van der Waals surface area contributed by atoms with Crippen molar-refractivity contribution >= 4 is 16.9 Å². The van der Waals surface area contributed by atoms with Crippen molar-refractivity contribution in [3.63, 3.8) is 0 Å². The van der Waals surface area contributed by atoms with E-state index < -0.39 is 11.4 Å². The van der Waals surface area contributed by atoms with Crippen LogP contribution in [-0.4, -0.2) is 35.9 Å². The third-order valence-corrected chi connectivity index (χ3v) is 4.00. The number of benzene rings is 2. The number of pyridine rings is 1. The first-order valence-corrected chi connectivity index (χ1v) is 8.72. The lowest BCUT2D eigenvalue weighted by Gasteiger charge is -2.03. The van der Waals surface area contributed by atoms with Crippen molar-refractivity contribution in [2.75, 3.05) is 19.8 Å². The molecule has 6 heteroatoms. The highest BCUT2D eigenvalue weighted by molar-refractivity contribution is 5.92. The molecule has 0 fully saturated rings. The van der Waals surface area contributed by atoms with E-state index in [9.17, 15) is 9.59 Å². The maximum atomic E-state index is 12.2. The molecule has 142 valence electrons. The molecule has 0 amide bonds. The fourth-order valence-electron chi connectivity index (χ4n) is 2.60. The number of H-pyrrole nitrogens is 1. The summed E-state index contributed by atoms with van der Waals surface area (Å²) in [6.45, 7) is 1.68. The van der Waals surface area contributed by atoms with E-state index >= 15 is 0 Å². The fourth-order valence-corrected chi connectivity index (χ4v) is 2.60. The van der Waals surface area contributed by atoms with Crippen LogP contribution in [0.2, 0.25) is 0 Å². The Bertz CT molecular complexity index is 1080. The number of aromatic amines is 1. The Morgan fingerprint density at radius 2 is 1.86 bits per heavy atom. The molecule has 0 saturated heterocycles. The molecular formula is C22H19NO5. The normalized spacial score (nSPS) is 10.4. The van der Waals surface area contributed by atoms with Crippen LogP contribution < -0.4 is 5.43 Å². The molecule has 2 aromatic carbocycles. The zero-order valence-electron chi connectivity index (χ0n) is 15.1. The predicted octanol–water partition coefficient (Wildman–Crippen LogP) is 2.81. The molecule has 6 nitrogen and oxygen atoms in total. The largest absolute Gasteiger partial charge is 0.477 e. The minimum absolute atomic E-state index is 0.234. The molecule has 0 radical (unpaired) electrons. The number of aromatic nitrogens is 1. The molecule has 1 heterocycles. The van der Waals surface area contributed by atoms with Crippen molar-refractivity contribution in [1.29, 1.82) is 0 Å². The SMILES string of the molecule is O=C(O)c1c[nH]c2ccc(C#CCOCCOCc3ccccc3)cc2c1=O. The van der Waals surface area contributed by atoms with Crippen molar-refractivity contribution in [2.24, 2.45) is 0 Å². The number of nitrogens with one attached hydrogen (secondary N) is 1. The lowest BCUT2D eigenvalue weighted by molar-refractivity contribution is 0.0520. The molecule has 3 rings (SSSR count). The van der Waals surface area contributed by atoms with Crippen LogP contribution >= 0.6 is 0 Å². The summed E-state index contributed by atoms with van der Waals surface area (Å²) in [5.74, 6) is 4.53. The molecule has 0 aliphatic carbocycles. The van der Waals surface area contributed by atoms with E-state index in [0.717, 1.165) is 5.56 Å². The standard InChI is InChI=1S/C22H19NO5/c24-21-18-13-16(8-9-20(18)23-14-19(21)22(25)26)7-4-10-27-11-12-28-15-17-5-2-1-3-6-17/h1-3,5-6,8-9,13-14H,10-12,15H2,(H,23,24)(H,25,26). The van der Waals surface area contributed by atoms with Gasteiger partial charge in [-0.1, -0.05) is 42.2 Å². The number of hydrogen-bond donors (Lipinski definition) is 2. The van der Waals surface area contributed by atoms with Crippen LogP contribution in [0.3, 0.4) is 0 Å². The van der Waals surface area contributed by atoms with Gasteiger partial charge in [0.25, 0.3) is 0 Å². The molecule has 0 aliphatic rings. The summed E-state index contributed by atoms with van der Waals surface area (Å²) in [5, 5.41) is 9.34. The fraction of sp³-hybridized carbons (Fsp3) is 0.182. The smallest absolute Gasteiger partial charge is 0.341 e. The summed E-state index contributed by atoms with van der Waals surface area (Å²) >= 11 is 0. The number of fused-ring (bicyclic) bond motifs is 1. The highest BCUT2D eigenvalue weighted by Crippen LogP contribution is 2.10. The Kier molecular flexibility index (Phi) is 6.58. The van der Waals surface area contributed by atoms with Gasteiger partial charge < -0.3 is 19.6 Å². The van der Waals surface area contributed by atoms with Gasteiger partial charge in [-0.15, -0.1) is 0 Å². The molecule has 0 atom stereocenters. The van der Waals surface area contributed by atoms with Gasteiger partial charge in [-0.3, -0.25) is 4.79 Å². The lowest BCUT2D eigenvalue weighted by Crippen LogP contribution is -2.15. The first-order valence-electron chi connectivity index (χ1n) is 8.72. The van der Waals surface area contributed by atoms with Crippen molar-refractivity contribution in [2.45, 2.75) is 6.61 Å². The quantitative estimate of drug-likeness (QED) is 0.488. The van der Waals surface area contributed by atoms with E-state index in [1.54, 1.807) is 18.2 Å². The highest BCUT2D eigenvalue weighted by atomic mass is 16.5. The molecule has 1 aromatic heterocycles. The van der Waals surface area contributed by atoms with Gasteiger partial charge in [0.15, 0.2) is 0 Å². The van der Waals surface area contributed by atoms with E-state index in [1.807, 2.05) is 30.3 Å². The van der Waals surface area contributed by atoms with Crippen LogP contribution in [0.4, 0.5) is 0 Å².